The summed E-state index contributed by atoms with van der Waals surface area (Å²) >= 11 is 0. The van der Waals surface area contributed by atoms with Gasteiger partial charge in [0.15, 0.2) is 0 Å². The quantitative estimate of drug-likeness (QED) is 0.290. The first kappa shape index (κ1) is 18.3. The highest BCUT2D eigenvalue weighted by Gasteiger charge is 2.23. The van der Waals surface area contributed by atoms with Gasteiger partial charge >= 0.3 is 0 Å². The number of benzene rings is 3. The van der Waals surface area contributed by atoms with Gasteiger partial charge in [-0.2, -0.15) is 4.57 Å². The SMILES string of the molecule is CCN(CC)c1ccc2c3ccc(N)cc3c(-c3ccccc3)[n+](CC)c2c1. The van der Waals surface area contributed by atoms with E-state index in [1.54, 1.807) is 0 Å². The molecule has 142 valence electrons. The van der Waals surface area contributed by atoms with Crippen LogP contribution < -0.4 is 15.2 Å². The number of anilines is 2. The van der Waals surface area contributed by atoms with Crippen molar-refractivity contribution in [3.63, 3.8) is 0 Å². The van der Waals surface area contributed by atoms with Crippen molar-refractivity contribution in [3.8, 4) is 11.3 Å². The molecule has 0 atom stereocenters. The second-order valence-corrected chi connectivity index (χ2v) is 7.14. The molecule has 0 saturated heterocycles. The Balaban J connectivity index is 2.16. The number of nitrogen functional groups attached to an aromatic ring is 1. The third-order valence-corrected chi connectivity index (χ3v) is 5.62. The van der Waals surface area contributed by atoms with Crippen LogP contribution in [-0.4, -0.2) is 13.1 Å². The standard InChI is InChI=1S/C25H28N3/c1-4-27(5-2)20-13-15-22-21-14-12-19(26)16-23(21)25(18-10-8-7-9-11-18)28(6-3)24(22)17-20/h7-17H,4-6,26H2,1-3H3/q+1. The van der Waals surface area contributed by atoms with Crippen molar-refractivity contribution < 1.29 is 4.57 Å². The molecule has 0 fully saturated rings. The first-order valence-corrected chi connectivity index (χ1v) is 10.2. The first-order chi connectivity index (χ1) is 13.7. The molecule has 0 radical (unpaired) electrons. The largest absolute Gasteiger partial charge is 0.399 e. The van der Waals surface area contributed by atoms with Gasteiger partial charge in [0.2, 0.25) is 11.2 Å². The van der Waals surface area contributed by atoms with Crippen LogP contribution in [0.2, 0.25) is 0 Å². The summed E-state index contributed by atoms with van der Waals surface area (Å²) in [5.41, 5.74) is 12.0. The van der Waals surface area contributed by atoms with Crippen LogP contribution in [-0.2, 0) is 6.54 Å². The zero-order valence-corrected chi connectivity index (χ0v) is 16.9. The van der Waals surface area contributed by atoms with E-state index in [2.05, 4.69) is 90.9 Å². The smallest absolute Gasteiger partial charge is 0.220 e. The van der Waals surface area contributed by atoms with Crippen molar-refractivity contribution in [2.45, 2.75) is 27.3 Å². The molecule has 4 aromatic rings. The fraction of sp³-hybridized carbons (Fsp3) is 0.240. The Bertz CT molecular complexity index is 1130. The maximum atomic E-state index is 6.19. The number of nitrogens with two attached hydrogens (primary N) is 1. The van der Waals surface area contributed by atoms with Crippen molar-refractivity contribution in [1.29, 1.82) is 0 Å². The van der Waals surface area contributed by atoms with Crippen molar-refractivity contribution >= 4 is 33.1 Å². The molecule has 0 aliphatic carbocycles. The average molecular weight is 371 g/mol. The highest BCUT2D eigenvalue weighted by molar-refractivity contribution is 6.10. The van der Waals surface area contributed by atoms with E-state index in [0.717, 1.165) is 25.3 Å². The van der Waals surface area contributed by atoms with Crippen LogP contribution in [0.15, 0.2) is 66.7 Å². The van der Waals surface area contributed by atoms with E-state index in [1.165, 1.54) is 38.6 Å². The molecule has 0 saturated carbocycles. The van der Waals surface area contributed by atoms with Crippen LogP contribution in [0, 0.1) is 0 Å². The Kier molecular flexibility index (Phi) is 4.91. The molecule has 0 bridgehead atoms. The van der Waals surface area contributed by atoms with Crippen molar-refractivity contribution in [2.75, 3.05) is 23.7 Å². The number of rotatable bonds is 5. The number of pyridine rings is 1. The fourth-order valence-electron chi connectivity index (χ4n) is 4.25. The molecule has 1 aromatic heterocycles. The zero-order chi connectivity index (χ0) is 19.7. The van der Waals surface area contributed by atoms with E-state index in [9.17, 15) is 0 Å². The van der Waals surface area contributed by atoms with Gasteiger partial charge in [0.05, 0.1) is 10.8 Å². The predicted molar refractivity (Wildman–Crippen MR) is 121 cm³/mol. The maximum absolute atomic E-state index is 6.19. The van der Waals surface area contributed by atoms with Crippen molar-refractivity contribution in [2.24, 2.45) is 0 Å². The summed E-state index contributed by atoms with van der Waals surface area (Å²) in [5.74, 6) is 0. The Morgan fingerprint density at radius 1 is 0.786 bits per heavy atom. The van der Waals surface area contributed by atoms with Crippen LogP contribution in [0.5, 0.6) is 0 Å². The lowest BCUT2D eigenvalue weighted by atomic mass is 9.98. The third kappa shape index (κ3) is 2.97. The summed E-state index contributed by atoms with van der Waals surface area (Å²) < 4.78 is 2.43. The third-order valence-electron chi connectivity index (χ3n) is 5.62. The van der Waals surface area contributed by atoms with Gasteiger partial charge in [-0.15, -0.1) is 0 Å². The van der Waals surface area contributed by atoms with Gasteiger partial charge in [0.25, 0.3) is 0 Å². The molecule has 0 unspecified atom stereocenters. The second kappa shape index (κ2) is 7.51. The Morgan fingerprint density at radius 3 is 2.18 bits per heavy atom. The Hall–Kier alpha value is -3.07. The van der Waals surface area contributed by atoms with E-state index in [4.69, 9.17) is 5.73 Å². The number of fused-ring (bicyclic) bond motifs is 3. The topological polar surface area (TPSA) is 33.1 Å². The second-order valence-electron chi connectivity index (χ2n) is 7.14. The predicted octanol–water partition coefficient (Wildman–Crippen LogP) is 5.40. The van der Waals surface area contributed by atoms with E-state index in [-0.39, 0.29) is 0 Å². The van der Waals surface area contributed by atoms with Gasteiger partial charge in [-0.1, -0.05) is 24.3 Å². The molecule has 4 rings (SSSR count). The Morgan fingerprint density at radius 2 is 1.50 bits per heavy atom. The molecule has 0 spiro atoms. The van der Waals surface area contributed by atoms with E-state index in [1.807, 2.05) is 6.07 Å². The molecule has 0 aliphatic heterocycles. The number of hydrogen-bond acceptors (Lipinski definition) is 2. The van der Waals surface area contributed by atoms with Crippen molar-refractivity contribution in [3.05, 3.63) is 66.7 Å². The van der Waals surface area contributed by atoms with Crippen LogP contribution >= 0.6 is 0 Å². The molecular formula is C25H28N3+. The van der Waals surface area contributed by atoms with Crippen LogP contribution in [0.1, 0.15) is 20.8 Å². The van der Waals surface area contributed by atoms with E-state index in [0.29, 0.717) is 0 Å². The highest BCUT2D eigenvalue weighted by atomic mass is 15.1. The van der Waals surface area contributed by atoms with Gasteiger partial charge < -0.3 is 10.6 Å². The highest BCUT2D eigenvalue weighted by Crippen LogP contribution is 2.34. The molecule has 2 N–H and O–H groups in total. The monoisotopic (exact) mass is 370 g/mol. The van der Waals surface area contributed by atoms with E-state index >= 15 is 0 Å². The first-order valence-electron chi connectivity index (χ1n) is 10.2. The summed E-state index contributed by atoms with van der Waals surface area (Å²) in [7, 11) is 0. The lowest BCUT2D eigenvalue weighted by Gasteiger charge is -2.21. The summed E-state index contributed by atoms with van der Waals surface area (Å²) in [6, 6.07) is 23.8. The number of aryl methyl sites for hydroxylation is 1. The molecule has 0 amide bonds. The number of nitrogens with zero attached hydrogens (tertiary/aromatic N) is 2. The van der Waals surface area contributed by atoms with E-state index < -0.39 is 0 Å². The molecule has 3 aromatic carbocycles. The molecule has 3 nitrogen and oxygen atoms in total. The average Bonchev–Trinajstić information content (AvgIpc) is 2.74. The fourth-order valence-corrected chi connectivity index (χ4v) is 4.25. The van der Waals surface area contributed by atoms with Gasteiger partial charge in [-0.25, -0.2) is 0 Å². The number of hydrogen-bond donors (Lipinski definition) is 1. The maximum Gasteiger partial charge on any atom is 0.220 e. The normalized spacial score (nSPS) is 11.2. The molecule has 28 heavy (non-hydrogen) atoms. The van der Waals surface area contributed by atoms with Crippen LogP contribution in [0.3, 0.4) is 0 Å². The van der Waals surface area contributed by atoms with Crippen LogP contribution in [0.25, 0.3) is 32.9 Å². The summed E-state index contributed by atoms with van der Waals surface area (Å²) in [6.45, 7) is 9.54. The summed E-state index contributed by atoms with van der Waals surface area (Å²) in [4.78, 5) is 2.40. The van der Waals surface area contributed by atoms with Gasteiger partial charge in [0.1, 0.15) is 6.54 Å². The minimum Gasteiger partial charge on any atom is -0.399 e. The summed E-state index contributed by atoms with van der Waals surface area (Å²) in [6.07, 6.45) is 0. The minimum atomic E-state index is 0.798. The lowest BCUT2D eigenvalue weighted by molar-refractivity contribution is -0.655. The molecule has 0 aliphatic rings. The molecular weight excluding hydrogens is 342 g/mol. The van der Waals surface area contributed by atoms with Gasteiger partial charge in [-0.05, 0) is 57.2 Å². The van der Waals surface area contributed by atoms with Crippen LogP contribution in [0.4, 0.5) is 11.4 Å². The lowest BCUT2D eigenvalue weighted by Crippen LogP contribution is -2.36. The van der Waals surface area contributed by atoms with Gasteiger partial charge in [0, 0.05) is 41.5 Å². The molecule has 1 heterocycles. The Labute approximate surface area is 167 Å². The minimum absolute atomic E-state index is 0.798. The van der Waals surface area contributed by atoms with Gasteiger partial charge in [-0.3, -0.25) is 0 Å². The summed E-state index contributed by atoms with van der Waals surface area (Å²) in [5, 5.41) is 3.72. The molecule has 3 heteroatoms. The zero-order valence-electron chi connectivity index (χ0n) is 16.9. The number of aromatic nitrogens is 1. The van der Waals surface area contributed by atoms with Crippen molar-refractivity contribution in [1.82, 2.24) is 0 Å².